The number of hydrogen-bond acceptors (Lipinski definition) is 3. The van der Waals surface area contributed by atoms with Crippen LogP contribution in [-0.4, -0.2) is 12.1 Å². The van der Waals surface area contributed by atoms with Crippen LogP contribution in [0.4, 0.5) is 0 Å². The van der Waals surface area contributed by atoms with Crippen LogP contribution in [0, 0.1) is 19.3 Å². The van der Waals surface area contributed by atoms with Crippen LogP contribution in [-0.2, 0) is 0 Å². The van der Waals surface area contributed by atoms with E-state index in [1.165, 1.54) is 16.9 Å². The first-order valence-electron chi connectivity index (χ1n) is 4.17. The number of thiazole rings is 1. The largest absolute Gasteiger partial charge is 0.494 e. The number of fused-ring (bicyclic) bond motifs is 1. The summed E-state index contributed by atoms with van der Waals surface area (Å²) in [7, 11) is 1.64. The van der Waals surface area contributed by atoms with E-state index in [0.29, 0.717) is 5.01 Å². The van der Waals surface area contributed by atoms with E-state index in [-0.39, 0.29) is 0 Å². The Bertz CT molecular complexity index is 522. The summed E-state index contributed by atoms with van der Waals surface area (Å²) in [5.74, 6) is 3.33. The molecule has 0 fully saturated rings. The highest BCUT2D eigenvalue weighted by Crippen LogP contribution is 2.31. The maximum Gasteiger partial charge on any atom is 0.167 e. The molecule has 0 bridgehead atoms. The quantitative estimate of drug-likeness (QED) is 0.665. The van der Waals surface area contributed by atoms with Gasteiger partial charge in [0.2, 0.25) is 0 Å². The Kier molecular flexibility index (Phi) is 2.14. The van der Waals surface area contributed by atoms with Gasteiger partial charge in [0.25, 0.3) is 0 Å². The third-order valence-corrected chi connectivity index (χ3v) is 3.17. The molecule has 0 aliphatic carbocycles. The first kappa shape index (κ1) is 9.04. The van der Waals surface area contributed by atoms with Crippen molar-refractivity contribution >= 4 is 21.6 Å². The summed E-state index contributed by atoms with van der Waals surface area (Å²) in [6.07, 6.45) is 5.31. The van der Waals surface area contributed by atoms with Crippen molar-refractivity contribution in [2.24, 2.45) is 0 Å². The van der Waals surface area contributed by atoms with Crippen molar-refractivity contribution in [1.29, 1.82) is 0 Å². The van der Waals surface area contributed by atoms with Gasteiger partial charge in [-0.25, -0.2) is 4.98 Å². The molecule has 0 aliphatic heterocycles. The van der Waals surface area contributed by atoms with Crippen molar-refractivity contribution < 1.29 is 4.74 Å². The molecule has 0 saturated carbocycles. The zero-order valence-electron chi connectivity index (χ0n) is 8.00. The van der Waals surface area contributed by atoms with Gasteiger partial charge < -0.3 is 4.74 Å². The molecule has 0 aliphatic rings. The summed E-state index contributed by atoms with van der Waals surface area (Å²) in [5.41, 5.74) is 2.05. The van der Waals surface area contributed by atoms with E-state index in [9.17, 15) is 0 Å². The summed E-state index contributed by atoms with van der Waals surface area (Å²) < 4.78 is 6.32. The molecule has 0 atom stereocenters. The molecule has 0 amide bonds. The predicted molar refractivity (Wildman–Crippen MR) is 58.8 cm³/mol. The Morgan fingerprint density at radius 1 is 1.50 bits per heavy atom. The lowest BCUT2D eigenvalue weighted by molar-refractivity contribution is 0.419. The smallest absolute Gasteiger partial charge is 0.167 e. The fraction of sp³-hybridized carbons (Fsp3) is 0.182. The fourth-order valence-corrected chi connectivity index (χ4v) is 2.20. The zero-order chi connectivity index (χ0) is 10.1. The molecule has 0 unspecified atom stereocenters. The summed E-state index contributed by atoms with van der Waals surface area (Å²) >= 11 is 1.53. The molecule has 0 saturated heterocycles. The maximum absolute atomic E-state index is 5.31. The second-order valence-electron chi connectivity index (χ2n) is 2.93. The summed E-state index contributed by atoms with van der Waals surface area (Å²) in [6.45, 7) is 2.04. The minimum atomic E-state index is 0.701. The van der Waals surface area contributed by atoms with Gasteiger partial charge in [0, 0.05) is 0 Å². The van der Waals surface area contributed by atoms with E-state index >= 15 is 0 Å². The normalized spacial score (nSPS) is 10.1. The van der Waals surface area contributed by atoms with Gasteiger partial charge in [0.15, 0.2) is 5.01 Å². The number of hydrogen-bond donors (Lipinski definition) is 0. The van der Waals surface area contributed by atoms with Crippen LogP contribution in [0.1, 0.15) is 10.6 Å². The van der Waals surface area contributed by atoms with E-state index < -0.39 is 0 Å². The van der Waals surface area contributed by atoms with E-state index in [2.05, 4.69) is 10.9 Å². The van der Waals surface area contributed by atoms with Crippen LogP contribution in [0.15, 0.2) is 12.1 Å². The van der Waals surface area contributed by atoms with Crippen molar-refractivity contribution in [2.45, 2.75) is 6.92 Å². The molecule has 2 nitrogen and oxygen atoms in total. The first-order valence-corrected chi connectivity index (χ1v) is 4.98. The van der Waals surface area contributed by atoms with Crippen LogP contribution in [0.2, 0.25) is 0 Å². The fourth-order valence-electron chi connectivity index (χ4n) is 1.34. The van der Waals surface area contributed by atoms with Crippen LogP contribution >= 0.6 is 11.3 Å². The number of rotatable bonds is 1. The van der Waals surface area contributed by atoms with Crippen molar-refractivity contribution in [2.75, 3.05) is 7.11 Å². The summed E-state index contributed by atoms with van der Waals surface area (Å²) in [4.78, 5) is 4.32. The number of methoxy groups -OCH3 is 1. The molecule has 3 heteroatoms. The van der Waals surface area contributed by atoms with E-state index in [0.717, 1.165) is 16.0 Å². The highest BCUT2D eigenvalue weighted by molar-refractivity contribution is 7.19. The van der Waals surface area contributed by atoms with E-state index in [4.69, 9.17) is 11.2 Å². The van der Waals surface area contributed by atoms with Gasteiger partial charge >= 0.3 is 0 Å². The van der Waals surface area contributed by atoms with E-state index in [1.54, 1.807) is 7.11 Å². The van der Waals surface area contributed by atoms with Gasteiger partial charge in [-0.15, -0.1) is 17.8 Å². The Labute approximate surface area is 86.5 Å². The molecule has 1 heterocycles. The third kappa shape index (κ3) is 1.24. The molecule has 1 aromatic carbocycles. The molecular weight excluding hydrogens is 194 g/mol. The van der Waals surface area contributed by atoms with Crippen LogP contribution in [0.5, 0.6) is 5.75 Å². The van der Waals surface area contributed by atoms with Crippen LogP contribution in [0.25, 0.3) is 10.2 Å². The van der Waals surface area contributed by atoms with Crippen LogP contribution < -0.4 is 4.74 Å². The molecule has 2 rings (SSSR count). The average Bonchev–Trinajstić information content (AvgIpc) is 2.63. The first-order chi connectivity index (χ1) is 6.76. The van der Waals surface area contributed by atoms with Gasteiger partial charge in [-0.05, 0) is 24.5 Å². The highest BCUT2D eigenvalue weighted by atomic mass is 32.1. The molecular formula is C11H9NOS. The third-order valence-electron chi connectivity index (χ3n) is 2.05. The Morgan fingerprint density at radius 3 is 2.93 bits per heavy atom. The minimum Gasteiger partial charge on any atom is -0.494 e. The lowest BCUT2D eigenvalue weighted by Gasteiger charge is -2.01. The molecule has 2 aromatic rings. The molecule has 70 valence electrons. The number of ether oxygens (including phenoxy) is 1. The second kappa shape index (κ2) is 3.32. The standard InChI is InChI=1S/C11H9NOS/c1-4-9-12-10-8(13-3)6-5-7(2)11(10)14-9/h1,5-6H,2-3H3. The lowest BCUT2D eigenvalue weighted by atomic mass is 10.2. The Morgan fingerprint density at radius 2 is 2.29 bits per heavy atom. The molecule has 14 heavy (non-hydrogen) atoms. The van der Waals surface area contributed by atoms with E-state index in [1.807, 2.05) is 19.1 Å². The van der Waals surface area contributed by atoms with Gasteiger partial charge in [-0.1, -0.05) is 6.07 Å². The number of aromatic nitrogens is 1. The zero-order valence-corrected chi connectivity index (χ0v) is 8.81. The van der Waals surface area contributed by atoms with Crippen molar-refractivity contribution in [3.8, 4) is 18.1 Å². The lowest BCUT2D eigenvalue weighted by Crippen LogP contribution is -1.85. The summed E-state index contributed by atoms with van der Waals surface area (Å²) in [5, 5.41) is 0.701. The Balaban J connectivity index is 2.83. The van der Waals surface area contributed by atoms with Crippen molar-refractivity contribution in [3.63, 3.8) is 0 Å². The maximum atomic E-state index is 5.31. The highest BCUT2D eigenvalue weighted by Gasteiger charge is 2.09. The van der Waals surface area contributed by atoms with Gasteiger partial charge in [0.05, 0.1) is 11.8 Å². The topological polar surface area (TPSA) is 22.1 Å². The predicted octanol–water partition coefficient (Wildman–Crippen LogP) is 2.59. The van der Waals surface area contributed by atoms with Crippen LogP contribution in [0.3, 0.4) is 0 Å². The van der Waals surface area contributed by atoms with Crippen molar-refractivity contribution in [1.82, 2.24) is 4.98 Å². The average molecular weight is 203 g/mol. The molecule has 0 spiro atoms. The van der Waals surface area contributed by atoms with Crippen molar-refractivity contribution in [3.05, 3.63) is 22.7 Å². The number of terminal acetylenes is 1. The Hall–Kier alpha value is -1.53. The monoisotopic (exact) mass is 203 g/mol. The van der Waals surface area contributed by atoms with Gasteiger partial charge in [0.1, 0.15) is 11.3 Å². The second-order valence-corrected chi connectivity index (χ2v) is 3.92. The molecule has 0 radical (unpaired) electrons. The SMILES string of the molecule is C#Cc1nc2c(OC)ccc(C)c2s1. The van der Waals surface area contributed by atoms with Gasteiger partial charge in [-0.3, -0.25) is 0 Å². The number of benzene rings is 1. The summed E-state index contributed by atoms with van der Waals surface area (Å²) in [6, 6.07) is 3.93. The number of aryl methyl sites for hydroxylation is 1. The van der Waals surface area contributed by atoms with Gasteiger partial charge in [-0.2, -0.15) is 0 Å². The number of nitrogens with zero attached hydrogens (tertiary/aromatic N) is 1. The minimum absolute atomic E-state index is 0.701. The molecule has 0 N–H and O–H groups in total. The molecule has 1 aromatic heterocycles.